The van der Waals surface area contributed by atoms with Gasteiger partial charge in [0.05, 0.1) is 21.8 Å². The molecule has 43 heavy (non-hydrogen) atoms. The number of pyridine rings is 1. The molecular weight excluding hydrogens is 528 g/mol. The van der Waals surface area contributed by atoms with Crippen LogP contribution in [0.3, 0.4) is 0 Å². The summed E-state index contributed by atoms with van der Waals surface area (Å²) in [5, 5.41) is 3.50. The van der Waals surface area contributed by atoms with E-state index in [2.05, 4.69) is 90.1 Å². The first-order valence-electron chi connectivity index (χ1n) is 14.6. The quantitative estimate of drug-likeness (QED) is 0.200. The van der Waals surface area contributed by atoms with Gasteiger partial charge in [-0.3, -0.25) is 9.78 Å². The van der Waals surface area contributed by atoms with E-state index in [0.29, 0.717) is 21.9 Å². The number of hydrogen-bond acceptors (Lipinski definition) is 3. The van der Waals surface area contributed by atoms with Gasteiger partial charge in [0.2, 0.25) is 5.43 Å². The van der Waals surface area contributed by atoms with Crippen molar-refractivity contribution >= 4 is 43.7 Å². The summed E-state index contributed by atoms with van der Waals surface area (Å²) in [6, 6.07) is 37.4. The van der Waals surface area contributed by atoms with Gasteiger partial charge in [0.15, 0.2) is 0 Å². The third kappa shape index (κ3) is 3.32. The van der Waals surface area contributed by atoms with Crippen LogP contribution in [0, 0.1) is 0 Å². The van der Waals surface area contributed by atoms with Crippen LogP contribution in [0.25, 0.3) is 71.7 Å². The highest BCUT2D eigenvalue weighted by atomic mass is 16.3. The number of hydrogen-bond donors (Lipinski definition) is 0. The molecule has 0 aliphatic heterocycles. The molecule has 0 unspecified atom stereocenters. The second-order valence-corrected chi connectivity index (χ2v) is 12.0. The van der Waals surface area contributed by atoms with Crippen LogP contribution in [0.4, 0.5) is 0 Å². The molecule has 0 saturated heterocycles. The molecule has 3 aromatic heterocycles. The van der Waals surface area contributed by atoms with Gasteiger partial charge in [0.1, 0.15) is 11.2 Å². The molecule has 9 rings (SSSR count). The molecule has 4 nitrogen and oxygen atoms in total. The smallest absolute Gasteiger partial charge is 0.200 e. The molecule has 1 aliphatic rings. The number of aromatic nitrogens is 2. The Morgan fingerprint density at radius 1 is 0.628 bits per heavy atom. The normalized spacial score (nSPS) is 13.6. The topological polar surface area (TPSA) is 48.0 Å². The van der Waals surface area contributed by atoms with Gasteiger partial charge in [0.25, 0.3) is 0 Å². The Kier molecular flexibility index (Phi) is 4.79. The Hall–Kier alpha value is -5.48. The van der Waals surface area contributed by atoms with E-state index in [-0.39, 0.29) is 10.8 Å². The van der Waals surface area contributed by atoms with Crippen molar-refractivity contribution in [2.45, 2.75) is 19.3 Å². The van der Waals surface area contributed by atoms with Crippen molar-refractivity contribution in [1.82, 2.24) is 9.55 Å². The Morgan fingerprint density at radius 3 is 2.37 bits per heavy atom. The molecule has 0 radical (unpaired) electrons. The minimum Gasteiger partial charge on any atom is -0.456 e. The minimum atomic E-state index is -0.0993. The maximum Gasteiger partial charge on any atom is 0.200 e. The van der Waals surface area contributed by atoms with E-state index in [4.69, 9.17) is 4.42 Å². The zero-order chi connectivity index (χ0) is 28.9. The average Bonchev–Trinajstić information content (AvgIpc) is 3.49. The van der Waals surface area contributed by atoms with Crippen LogP contribution in [0.2, 0.25) is 0 Å². The van der Waals surface area contributed by atoms with Crippen LogP contribution in [-0.4, -0.2) is 9.55 Å². The van der Waals surface area contributed by atoms with Gasteiger partial charge >= 0.3 is 0 Å². The fourth-order valence-corrected chi connectivity index (χ4v) is 7.14. The SMILES string of the molecule is CC1(C)c2ccccc2-c2cc3c4cnccc4n(-c4cccc(-c5ccc6oc7ccccc7c(=O)c6c5)c4)c3cc21. The lowest BCUT2D eigenvalue weighted by Gasteiger charge is -2.21. The van der Waals surface area contributed by atoms with Gasteiger partial charge in [-0.15, -0.1) is 0 Å². The minimum absolute atomic E-state index is 0.0118. The van der Waals surface area contributed by atoms with Crippen LogP contribution in [0.1, 0.15) is 25.0 Å². The number of rotatable bonds is 2. The number of fused-ring (bicyclic) bond motifs is 8. The van der Waals surface area contributed by atoms with Crippen molar-refractivity contribution in [2.24, 2.45) is 0 Å². The lowest BCUT2D eigenvalue weighted by molar-refractivity contribution is 0.660. The van der Waals surface area contributed by atoms with Crippen LogP contribution in [0.5, 0.6) is 0 Å². The van der Waals surface area contributed by atoms with E-state index >= 15 is 0 Å². The first-order chi connectivity index (χ1) is 21.0. The molecule has 4 heteroatoms. The lowest BCUT2D eigenvalue weighted by atomic mass is 9.82. The summed E-state index contributed by atoms with van der Waals surface area (Å²) >= 11 is 0. The monoisotopic (exact) mass is 554 g/mol. The van der Waals surface area contributed by atoms with E-state index < -0.39 is 0 Å². The Morgan fingerprint density at radius 2 is 1.44 bits per heavy atom. The molecule has 0 saturated carbocycles. The van der Waals surface area contributed by atoms with Gasteiger partial charge < -0.3 is 8.98 Å². The Balaban J connectivity index is 1.27. The van der Waals surface area contributed by atoms with Crippen LogP contribution in [-0.2, 0) is 5.41 Å². The molecule has 5 aromatic carbocycles. The predicted molar refractivity (Wildman–Crippen MR) is 175 cm³/mol. The molecule has 3 heterocycles. The zero-order valence-electron chi connectivity index (χ0n) is 23.8. The third-order valence-corrected chi connectivity index (χ3v) is 9.28. The highest BCUT2D eigenvalue weighted by Crippen LogP contribution is 2.50. The number of nitrogens with zero attached hydrogens (tertiary/aromatic N) is 2. The van der Waals surface area contributed by atoms with Crippen molar-refractivity contribution in [3.63, 3.8) is 0 Å². The molecule has 0 fully saturated rings. The van der Waals surface area contributed by atoms with Crippen molar-refractivity contribution < 1.29 is 4.42 Å². The third-order valence-electron chi connectivity index (χ3n) is 9.28. The fraction of sp³-hybridized carbons (Fsp3) is 0.0769. The summed E-state index contributed by atoms with van der Waals surface area (Å²) in [6.07, 6.45) is 3.84. The van der Waals surface area contributed by atoms with E-state index in [0.717, 1.165) is 33.2 Å². The summed E-state index contributed by atoms with van der Waals surface area (Å²) in [4.78, 5) is 17.9. The van der Waals surface area contributed by atoms with Crippen molar-refractivity contribution in [1.29, 1.82) is 0 Å². The number of benzene rings is 5. The van der Waals surface area contributed by atoms with Crippen LogP contribution >= 0.6 is 0 Å². The standard InChI is InChI=1S/C39H26N2O2/c1-39(2)32-12-5-3-10-26(32)28-20-29-31-22-40-17-16-34(31)41(35(29)21-33(28)39)25-9-7-8-23(18-25)24-14-15-37-30(19-24)38(42)27-11-4-6-13-36(27)43-37/h3-22H,1-2H3. The van der Waals surface area contributed by atoms with Gasteiger partial charge in [0, 0.05) is 34.3 Å². The zero-order valence-corrected chi connectivity index (χ0v) is 23.8. The van der Waals surface area contributed by atoms with E-state index in [1.807, 2.05) is 54.9 Å². The van der Waals surface area contributed by atoms with E-state index in [9.17, 15) is 4.79 Å². The van der Waals surface area contributed by atoms with E-state index in [1.54, 1.807) is 0 Å². The van der Waals surface area contributed by atoms with E-state index in [1.165, 1.54) is 27.6 Å². The molecular formula is C39H26N2O2. The lowest BCUT2D eigenvalue weighted by Crippen LogP contribution is -2.14. The highest BCUT2D eigenvalue weighted by Gasteiger charge is 2.36. The summed E-state index contributed by atoms with van der Waals surface area (Å²) in [7, 11) is 0. The van der Waals surface area contributed by atoms with Gasteiger partial charge in [-0.1, -0.05) is 68.4 Å². The first kappa shape index (κ1) is 24.2. The largest absolute Gasteiger partial charge is 0.456 e. The molecule has 1 aliphatic carbocycles. The molecule has 8 aromatic rings. The maximum atomic E-state index is 13.4. The molecule has 0 spiro atoms. The Labute approximate surface area is 247 Å². The molecule has 0 amide bonds. The molecule has 0 N–H and O–H groups in total. The van der Waals surface area contributed by atoms with Gasteiger partial charge in [-0.25, -0.2) is 0 Å². The first-order valence-corrected chi connectivity index (χ1v) is 14.6. The van der Waals surface area contributed by atoms with Crippen LogP contribution < -0.4 is 5.43 Å². The van der Waals surface area contributed by atoms with Crippen molar-refractivity contribution in [3.8, 4) is 27.9 Å². The summed E-state index contributed by atoms with van der Waals surface area (Å²) < 4.78 is 8.41. The molecule has 0 bridgehead atoms. The van der Waals surface area contributed by atoms with Crippen molar-refractivity contribution in [2.75, 3.05) is 0 Å². The van der Waals surface area contributed by atoms with Crippen LogP contribution in [0.15, 0.2) is 131 Å². The maximum absolute atomic E-state index is 13.4. The average molecular weight is 555 g/mol. The number of para-hydroxylation sites is 1. The predicted octanol–water partition coefficient (Wildman–Crippen LogP) is 9.41. The second-order valence-electron chi connectivity index (χ2n) is 12.0. The summed E-state index contributed by atoms with van der Waals surface area (Å²) in [5.41, 5.74) is 11.7. The van der Waals surface area contributed by atoms with Gasteiger partial charge in [-0.2, -0.15) is 0 Å². The fourth-order valence-electron chi connectivity index (χ4n) is 7.14. The van der Waals surface area contributed by atoms with Crippen molar-refractivity contribution in [3.05, 3.63) is 143 Å². The molecule has 204 valence electrons. The van der Waals surface area contributed by atoms with Gasteiger partial charge in [-0.05, 0) is 88.0 Å². The summed E-state index contributed by atoms with van der Waals surface area (Å²) in [6.45, 7) is 4.64. The Bertz CT molecular complexity index is 2510. The molecule has 0 atom stereocenters. The highest BCUT2D eigenvalue weighted by molar-refractivity contribution is 6.11. The summed E-state index contributed by atoms with van der Waals surface area (Å²) in [5.74, 6) is 0. The second kappa shape index (κ2) is 8.52.